The van der Waals surface area contributed by atoms with Gasteiger partial charge in [0.15, 0.2) is 17.3 Å². The fourth-order valence-corrected chi connectivity index (χ4v) is 3.43. The number of anilines is 2. The van der Waals surface area contributed by atoms with Crippen LogP contribution in [0.3, 0.4) is 0 Å². The summed E-state index contributed by atoms with van der Waals surface area (Å²) < 4.78 is 41.3. The van der Waals surface area contributed by atoms with E-state index in [-0.39, 0.29) is 24.7 Å². The molecule has 0 fully saturated rings. The number of nitrogens with one attached hydrogen (secondary N) is 1. The number of aryl methyl sites for hydroxylation is 1. The summed E-state index contributed by atoms with van der Waals surface area (Å²) in [6.45, 7) is 2.52. The topological polar surface area (TPSA) is 111 Å². The Hall–Kier alpha value is -2.75. The number of sulfonamides is 1. The van der Waals surface area contributed by atoms with E-state index < -0.39 is 10.0 Å². The quantitative estimate of drug-likeness (QED) is 0.808. The van der Waals surface area contributed by atoms with Gasteiger partial charge >= 0.3 is 0 Å². The highest BCUT2D eigenvalue weighted by atomic mass is 32.2. The minimum absolute atomic E-state index is 0.0266. The van der Waals surface area contributed by atoms with E-state index >= 15 is 0 Å². The van der Waals surface area contributed by atoms with E-state index in [2.05, 4.69) is 10.5 Å². The Bertz CT molecular complexity index is 908. The normalized spacial score (nSPS) is 13.3. The number of rotatable bonds is 6. The Morgan fingerprint density at radius 2 is 1.96 bits per heavy atom. The summed E-state index contributed by atoms with van der Waals surface area (Å²) in [5, 5.41) is 6.23. The molecule has 0 radical (unpaired) electrons. The molecule has 9 nitrogen and oxygen atoms in total. The van der Waals surface area contributed by atoms with Gasteiger partial charge in [0.05, 0.1) is 11.9 Å². The first-order chi connectivity index (χ1) is 12.3. The maximum atomic E-state index is 12.2. The average Bonchev–Trinajstić information content (AvgIpc) is 2.98. The molecule has 1 N–H and O–H groups in total. The first-order valence-electron chi connectivity index (χ1n) is 7.93. The lowest BCUT2D eigenvalue weighted by atomic mass is 10.2. The van der Waals surface area contributed by atoms with E-state index in [4.69, 9.17) is 14.0 Å². The Balaban J connectivity index is 1.71. The fourth-order valence-electron chi connectivity index (χ4n) is 2.51. The molecule has 0 atom stereocenters. The zero-order chi connectivity index (χ0) is 18.7. The Morgan fingerprint density at radius 3 is 2.62 bits per heavy atom. The number of ether oxygens (including phenoxy) is 2. The van der Waals surface area contributed by atoms with Gasteiger partial charge in [-0.1, -0.05) is 5.16 Å². The monoisotopic (exact) mass is 381 g/mol. The number of hydrogen-bond acceptors (Lipinski definition) is 7. The molecule has 1 aromatic heterocycles. The maximum Gasteiger partial charge on any atom is 0.232 e. The van der Waals surface area contributed by atoms with Gasteiger partial charge in [0.2, 0.25) is 15.9 Å². The van der Waals surface area contributed by atoms with Crippen molar-refractivity contribution in [1.82, 2.24) is 5.16 Å². The molecule has 2 heterocycles. The highest BCUT2D eigenvalue weighted by molar-refractivity contribution is 7.92. The van der Waals surface area contributed by atoms with Crippen molar-refractivity contribution >= 4 is 27.4 Å². The lowest BCUT2D eigenvalue weighted by molar-refractivity contribution is -0.116. The molecule has 0 saturated carbocycles. The molecule has 1 aliphatic rings. The largest absolute Gasteiger partial charge is 0.486 e. The van der Waals surface area contributed by atoms with Crippen molar-refractivity contribution in [3.8, 4) is 11.5 Å². The zero-order valence-electron chi connectivity index (χ0n) is 14.4. The fraction of sp³-hybridized carbons (Fsp3) is 0.375. The highest BCUT2D eigenvalue weighted by Gasteiger charge is 2.22. The van der Waals surface area contributed by atoms with Gasteiger partial charge in [-0.3, -0.25) is 9.10 Å². The predicted molar refractivity (Wildman–Crippen MR) is 94.1 cm³/mol. The lowest BCUT2D eigenvalue weighted by Gasteiger charge is -2.25. The van der Waals surface area contributed by atoms with Crippen LogP contribution >= 0.6 is 0 Å². The van der Waals surface area contributed by atoms with Crippen molar-refractivity contribution in [2.45, 2.75) is 13.3 Å². The summed E-state index contributed by atoms with van der Waals surface area (Å²) in [7, 11) is -3.59. The maximum absolute atomic E-state index is 12.2. The van der Waals surface area contributed by atoms with Crippen LogP contribution in [0.4, 0.5) is 11.5 Å². The van der Waals surface area contributed by atoms with Gasteiger partial charge in [-0.05, 0) is 19.1 Å². The van der Waals surface area contributed by atoms with Gasteiger partial charge in [0.1, 0.15) is 19.0 Å². The van der Waals surface area contributed by atoms with Crippen LogP contribution < -0.4 is 19.1 Å². The van der Waals surface area contributed by atoms with Crippen LogP contribution in [0.5, 0.6) is 11.5 Å². The second kappa shape index (κ2) is 7.24. The van der Waals surface area contributed by atoms with Crippen molar-refractivity contribution in [2.24, 2.45) is 0 Å². The van der Waals surface area contributed by atoms with Gasteiger partial charge in [0, 0.05) is 25.1 Å². The summed E-state index contributed by atoms with van der Waals surface area (Å²) >= 11 is 0. The van der Waals surface area contributed by atoms with E-state index in [1.54, 1.807) is 31.2 Å². The number of nitrogens with zero attached hydrogens (tertiary/aromatic N) is 2. The molecular weight excluding hydrogens is 362 g/mol. The van der Waals surface area contributed by atoms with Gasteiger partial charge in [-0.2, -0.15) is 0 Å². The Kier molecular flexibility index (Phi) is 5.03. The lowest BCUT2D eigenvalue weighted by Crippen LogP contribution is -2.33. The van der Waals surface area contributed by atoms with E-state index in [1.807, 2.05) is 0 Å². The van der Waals surface area contributed by atoms with Crippen LogP contribution in [0.25, 0.3) is 0 Å². The summed E-state index contributed by atoms with van der Waals surface area (Å²) in [4.78, 5) is 12.1. The molecule has 1 amide bonds. The van der Waals surface area contributed by atoms with Crippen molar-refractivity contribution in [1.29, 1.82) is 0 Å². The number of benzene rings is 1. The minimum Gasteiger partial charge on any atom is -0.486 e. The van der Waals surface area contributed by atoms with Crippen LogP contribution in [0, 0.1) is 6.92 Å². The van der Waals surface area contributed by atoms with Crippen LogP contribution in [0.2, 0.25) is 0 Å². The number of carbonyl (C=O) groups excluding carboxylic acids is 1. The van der Waals surface area contributed by atoms with Crippen LogP contribution in [0.1, 0.15) is 12.2 Å². The minimum atomic E-state index is -3.59. The summed E-state index contributed by atoms with van der Waals surface area (Å²) in [5.41, 5.74) is 0.404. The molecule has 0 spiro atoms. The van der Waals surface area contributed by atoms with Crippen molar-refractivity contribution in [2.75, 3.05) is 35.6 Å². The van der Waals surface area contributed by atoms with Gasteiger partial charge in [-0.25, -0.2) is 8.42 Å². The smallest absolute Gasteiger partial charge is 0.232 e. The molecule has 26 heavy (non-hydrogen) atoms. The van der Waals surface area contributed by atoms with Crippen molar-refractivity contribution < 1.29 is 27.2 Å². The SMILES string of the molecule is Cc1cc(NC(=O)CCN(c2ccc3c(c2)OCCO3)S(C)(=O)=O)no1. The average molecular weight is 381 g/mol. The van der Waals surface area contributed by atoms with E-state index in [0.29, 0.717) is 36.2 Å². The van der Waals surface area contributed by atoms with Crippen LogP contribution in [0.15, 0.2) is 28.8 Å². The number of carbonyl (C=O) groups is 1. The third-order valence-electron chi connectivity index (χ3n) is 3.65. The molecule has 140 valence electrons. The number of hydrogen-bond donors (Lipinski definition) is 1. The molecule has 0 unspecified atom stereocenters. The van der Waals surface area contributed by atoms with Crippen LogP contribution in [-0.2, 0) is 14.8 Å². The third-order valence-corrected chi connectivity index (χ3v) is 4.85. The summed E-state index contributed by atoms with van der Waals surface area (Å²) in [5.74, 6) is 1.52. The molecule has 2 aromatic rings. The second-order valence-corrected chi connectivity index (χ2v) is 7.69. The third kappa shape index (κ3) is 4.26. The van der Waals surface area contributed by atoms with Gasteiger partial charge < -0.3 is 19.3 Å². The Morgan fingerprint density at radius 1 is 1.23 bits per heavy atom. The number of fused-ring (bicyclic) bond motifs is 1. The number of aromatic nitrogens is 1. The van der Waals surface area contributed by atoms with Crippen LogP contribution in [-0.4, -0.2) is 45.5 Å². The molecular formula is C16H19N3O6S. The highest BCUT2D eigenvalue weighted by Crippen LogP contribution is 2.34. The summed E-state index contributed by atoms with van der Waals surface area (Å²) in [6.07, 6.45) is 1.04. The number of amides is 1. The predicted octanol–water partition coefficient (Wildman–Crippen LogP) is 1.55. The molecule has 0 saturated heterocycles. The standard InChI is InChI=1S/C16H19N3O6S/c1-11-9-15(18-25-11)17-16(20)5-6-19(26(2,21)22)12-3-4-13-14(10-12)24-8-7-23-13/h3-4,9-10H,5-8H2,1-2H3,(H,17,18,20). The van der Waals surface area contributed by atoms with Gasteiger partial charge in [0.25, 0.3) is 0 Å². The molecule has 1 aliphatic heterocycles. The zero-order valence-corrected chi connectivity index (χ0v) is 15.2. The van der Waals surface area contributed by atoms with Gasteiger partial charge in [-0.15, -0.1) is 0 Å². The van der Waals surface area contributed by atoms with Crippen molar-refractivity contribution in [3.63, 3.8) is 0 Å². The first-order valence-corrected chi connectivity index (χ1v) is 9.78. The molecule has 3 rings (SSSR count). The Labute approximate surface area is 150 Å². The summed E-state index contributed by atoms with van der Waals surface area (Å²) in [6, 6.07) is 6.44. The molecule has 0 bridgehead atoms. The van der Waals surface area contributed by atoms with E-state index in [1.165, 1.54) is 0 Å². The van der Waals surface area contributed by atoms with E-state index in [9.17, 15) is 13.2 Å². The molecule has 10 heteroatoms. The molecule has 1 aromatic carbocycles. The van der Waals surface area contributed by atoms with Crippen molar-refractivity contribution in [3.05, 3.63) is 30.0 Å². The second-order valence-electron chi connectivity index (χ2n) is 5.78. The first kappa shape index (κ1) is 18.1. The van der Waals surface area contributed by atoms with E-state index in [0.717, 1.165) is 10.6 Å². The molecule has 0 aliphatic carbocycles.